The van der Waals surface area contributed by atoms with Crippen LogP contribution in [0.4, 0.5) is 5.13 Å². The van der Waals surface area contributed by atoms with Gasteiger partial charge in [0, 0.05) is 10.9 Å². The van der Waals surface area contributed by atoms with Crippen LogP contribution in [0, 0.1) is 29.6 Å². The summed E-state index contributed by atoms with van der Waals surface area (Å²) in [6.07, 6.45) is 3.80. The topological polar surface area (TPSA) is 79.3 Å². The van der Waals surface area contributed by atoms with E-state index in [9.17, 15) is 14.7 Å². The first-order valence-corrected chi connectivity index (χ1v) is 10.9. The first kappa shape index (κ1) is 19.1. The van der Waals surface area contributed by atoms with Crippen LogP contribution in [-0.2, 0) is 16.0 Å². The number of nitrogens with zero attached hydrogens (tertiary/aromatic N) is 1. The van der Waals surface area contributed by atoms with Gasteiger partial charge < -0.3 is 10.4 Å². The number of hydrogen-bond donors (Lipinski definition) is 2. The van der Waals surface area contributed by atoms with Gasteiger partial charge >= 0.3 is 5.97 Å². The zero-order chi connectivity index (χ0) is 19.8. The Labute approximate surface area is 169 Å². The SMILES string of the molecule is CC(C)Cc1ccc(-c2csc(NC(=O)[C@@H]3[C@@H]4CC[C@@H](C4)[C@@H]3C(=O)O)n2)cc1. The first-order valence-electron chi connectivity index (χ1n) is 10.0. The van der Waals surface area contributed by atoms with Gasteiger partial charge in [-0.15, -0.1) is 11.3 Å². The molecule has 6 heteroatoms. The van der Waals surface area contributed by atoms with E-state index in [-0.39, 0.29) is 17.7 Å². The lowest BCUT2D eigenvalue weighted by Gasteiger charge is -2.26. The van der Waals surface area contributed by atoms with Crippen LogP contribution >= 0.6 is 11.3 Å². The number of carboxylic acids is 1. The van der Waals surface area contributed by atoms with E-state index in [1.54, 1.807) is 0 Å². The molecule has 0 unspecified atom stereocenters. The zero-order valence-corrected chi connectivity index (χ0v) is 17.0. The number of aromatic nitrogens is 1. The molecule has 2 N–H and O–H groups in total. The van der Waals surface area contributed by atoms with Crippen molar-refractivity contribution in [3.63, 3.8) is 0 Å². The van der Waals surface area contributed by atoms with Gasteiger partial charge in [-0.3, -0.25) is 9.59 Å². The minimum Gasteiger partial charge on any atom is -0.481 e. The van der Waals surface area contributed by atoms with E-state index < -0.39 is 17.8 Å². The van der Waals surface area contributed by atoms with Gasteiger partial charge in [-0.25, -0.2) is 4.98 Å². The maximum absolute atomic E-state index is 12.8. The Morgan fingerprint density at radius 1 is 1.18 bits per heavy atom. The molecule has 1 heterocycles. The van der Waals surface area contributed by atoms with Gasteiger partial charge in [-0.05, 0) is 49.0 Å². The van der Waals surface area contributed by atoms with E-state index in [1.165, 1.54) is 16.9 Å². The molecule has 2 saturated carbocycles. The summed E-state index contributed by atoms with van der Waals surface area (Å²) in [7, 11) is 0. The quantitative estimate of drug-likeness (QED) is 0.739. The molecule has 0 aliphatic heterocycles. The standard InChI is InChI=1S/C22H26N2O3S/c1-12(2)9-13-3-5-14(6-4-13)17-11-28-22(23-17)24-20(25)18-15-7-8-16(10-15)19(18)21(26)27/h3-6,11-12,15-16,18-19H,7-10H2,1-2H3,(H,26,27)(H,23,24,25)/t15-,16+,18-,19+/m1/s1. The van der Waals surface area contributed by atoms with Gasteiger partial charge in [0.25, 0.3) is 0 Å². The molecule has 2 aliphatic carbocycles. The average Bonchev–Trinajstić information content (AvgIpc) is 3.37. The second-order valence-corrected chi connectivity index (χ2v) is 9.40. The second-order valence-electron chi connectivity index (χ2n) is 8.55. The fourth-order valence-electron chi connectivity index (χ4n) is 4.96. The van der Waals surface area contributed by atoms with Crippen molar-refractivity contribution in [2.24, 2.45) is 29.6 Å². The lowest BCUT2D eigenvalue weighted by molar-refractivity contribution is -0.148. The summed E-state index contributed by atoms with van der Waals surface area (Å²) in [5.74, 6) is -1.05. The van der Waals surface area contributed by atoms with Crippen LogP contribution in [0.2, 0.25) is 0 Å². The first-order chi connectivity index (χ1) is 13.4. The summed E-state index contributed by atoms with van der Waals surface area (Å²) in [5.41, 5.74) is 3.16. The van der Waals surface area contributed by atoms with Gasteiger partial charge in [0.2, 0.25) is 5.91 Å². The number of amides is 1. The fraction of sp³-hybridized carbons (Fsp3) is 0.500. The van der Waals surface area contributed by atoms with Crippen LogP contribution in [0.5, 0.6) is 0 Å². The molecule has 1 amide bonds. The Kier molecular flexibility index (Phi) is 5.23. The molecule has 1 aromatic carbocycles. The van der Waals surface area contributed by atoms with Crippen molar-refractivity contribution in [3.8, 4) is 11.3 Å². The van der Waals surface area contributed by atoms with Crippen LogP contribution in [0.25, 0.3) is 11.3 Å². The molecule has 0 spiro atoms. The highest BCUT2D eigenvalue weighted by molar-refractivity contribution is 7.14. The monoisotopic (exact) mass is 398 g/mol. The third-order valence-electron chi connectivity index (χ3n) is 6.13. The number of thiazole rings is 1. The van der Waals surface area contributed by atoms with Crippen molar-refractivity contribution >= 4 is 28.3 Å². The van der Waals surface area contributed by atoms with Crippen LogP contribution in [0.1, 0.15) is 38.7 Å². The van der Waals surface area contributed by atoms with E-state index >= 15 is 0 Å². The van der Waals surface area contributed by atoms with E-state index in [2.05, 4.69) is 48.4 Å². The maximum atomic E-state index is 12.8. The summed E-state index contributed by atoms with van der Waals surface area (Å²) in [4.78, 5) is 29.0. The van der Waals surface area contributed by atoms with Crippen LogP contribution in [0.15, 0.2) is 29.6 Å². The molecule has 148 valence electrons. The number of carbonyl (C=O) groups excluding carboxylic acids is 1. The lowest BCUT2D eigenvalue weighted by atomic mass is 9.79. The maximum Gasteiger partial charge on any atom is 0.307 e. The number of carbonyl (C=O) groups is 2. The van der Waals surface area contributed by atoms with Crippen molar-refractivity contribution in [1.82, 2.24) is 4.98 Å². The number of anilines is 1. The Balaban J connectivity index is 1.45. The molecule has 2 aliphatic rings. The average molecular weight is 399 g/mol. The lowest BCUT2D eigenvalue weighted by Crippen LogP contribution is -2.37. The van der Waals surface area contributed by atoms with Gasteiger partial charge in [-0.2, -0.15) is 0 Å². The number of rotatable bonds is 6. The predicted octanol–water partition coefficient (Wildman–Crippen LogP) is 4.69. The van der Waals surface area contributed by atoms with Crippen molar-refractivity contribution in [2.45, 2.75) is 39.5 Å². The Bertz CT molecular complexity index is 874. The van der Waals surface area contributed by atoms with E-state index in [0.29, 0.717) is 11.0 Å². The third-order valence-corrected chi connectivity index (χ3v) is 6.89. The summed E-state index contributed by atoms with van der Waals surface area (Å²) < 4.78 is 0. The largest absolute Gasteiger partial charge is 0.481 e. The number of carboxylic acid groups (broad SMARTS) is 1. The van der Waals surface area contributed by atoms with Gasteiger partial charge in [0.15, 0.2) is 5.13 Å². The molecule has 4 rings (SSSR count). The summed E-state index contributed by atoms with van der Waals surface area (Å²) in [6.45, 7) is 4.41. The molecule has 28 heavy (non-hydrogen) atoms. The number of benzene rings is 1. The van der Waals surface area contributed by atoms with Gasteiger partial charge in [0.05, 0.1) is 17.5 Å². The Morgan fingerprint density at radius 3 is 2.50 bits per heavy atom. The normalized spacial score (nSPS) is 26.0. The summed E-state index contributed by atoms with van der Waals surface area (Å²) in [5, 5.41) is 14.9. The van der Waals surface area contributed by atoms with Gasteiger partial charge in [-0.1, -0.05) is 38.1 Å². The van der Waals surface area contributed by atoms with Crippen molar-refractivity contribution in [3.05, 3.63) is 35.2 Å². The Hall–Kier alpha value is -2.21. The molecule has 0 radical (unpaired) electrons. The van der Waals surface area contributed by atoms with E-state index in [4.69, 9.17) is 0 Å². The summed E-state index contributed by atoms with van der Waals surface area (Å²) >= 11 is 1.39. The minimum atomic E-state index is -0.839. The molecule has 5 nitrogen and oxygen atoms in total. The molecular weight excluding hydrogens is 372 g/mol. The van der Waals surface area contributed by atoms with Gasteiger partial charge in [0.1, 0.15) is 0 Å². The fourth-order valence-corrected chi connectivity index (χ4v) is 5.68. The predicted molar refractivity (Wildman–Crippen MR) is 110 cm³/mol. The highest BCUT2D eigenvalue weighted by Gasteiger charge is 2.54. The van der Waals surface area contributed by atoms with Crippen molar-refractivity contribution < 1.29 is 14.7 Å². The van der Waals surface area contributed by atoms with Crippen molar-refractivity contribution in [2.75, 3.05) is 5.32 Å². The van der Waals surface area contributed by atoms with Crippen LogP contribution in [0.3, 0.4) is 0 Å². The zero-order valence-electron chi connectivity index (χ0n) is 16.2. The molecule has 0 saturated heterocycles. The number of aliphatic carboxylic acids is 1. The van der Waals surface area contributed by atoms with E-state index in [0.717, 1.165) is 36.9 Å². The van der Waals surface area contributed by atoms with Crippen LogP contribution in [-0.4, -0.2) is 22.0 Å². The third kappa shape index (κ3) is 3.70. The molecule has 2 fully saturated rings. The molecule has 2 bridgehead atoms. The summed E-state index contributed by atoms with van der Waals surface area (Å²) in [6, 6.07) is 8.38. The minimum absolute atomic E-state index is 0.148. The van der Waals surface area contributed by atoms with Crippen molar-refractivity contribution in [1.29, 1.82) is 0 Å². The second kappa shape index (κ2) is 7.66. The van der Waals surface area contributed by atoms with Crippen LogP contribution < -0.4 is 5.32 Å². The molecule has 4 atom stereocenters. The smallest absolute Gasteiger partial charge is 0.307 e. The number of fused-ring (bicyclic) bond motifs is 2. The Morgan fingerprint density at radius 2 is 1.86 bits per heavy atom. The highest BCUT2D eigenvalue weighted by Crippen LogP contribution is 2.52. The molecule has 1 aromatic heterocycles. The molecule has 2 aromatic rings. The molecular formula is C22H26N2O3S. The number of nitrogens with one attached hydrogen (secondary N) is 1. The highest BCUT2D eigenvalue weighted by atomic mass is 32.1. The number of hydrogen-bond acceptors (Lipinski definition) is 4. The van der Waals surface area contributed by atoms with E-state index in [1.807, 2.05) is 5.38 Å².